The molecule has 0 fully saturated rings. The van der Waals surface area contributed by atoms with Crippen LogP contribution in [0.5, 0.6) is 0 Å². The van der Waals surface area contributed by atoms with Gasteiger partial charge in [0.2, 0.25) is 0 Å². The summed E-state index contributed by atoms with van der Waals surface area (Å²) in [5, 5.41) is 0. The Balaban J connectivity index is 1.69. The van der Waals surface area contributed by atoms with E-state index < -0.39 is 0 Å². The summed E-state index contributed by atoms with van der Waals surface area (Å²) in [7, 11) is 0. The largest absolute Gasteiger partial charge is 0.0767 e. The first kappa shape index (κ1) is 16.1. The minimum atomic E-state index is 0.0844. The zero-order valence-electron chi connectivity index (χ0n) is 16.0. The Morgan fingerprint density at radius 1 is 0.679 bits per heavy atom. The molecule has 0 amide bonds. The summed E-state index contributed by atoms with van der Waals surface area (Å²) in [6.45, 7) is 0. The van der Waals surface area contributed by atoms with Gasteiger partial charge in [-0.15, -0.1) is 0 Å². The van der Waals surface area contributed by atoms with Crippen molar-refractivity contribution in [3.8, 4) is 11.1 Å². The highest BCUT2D eigenvalue weighted by Crippen LogP contribution is 2.60. The van der Waals surface area contributed by atoms with Gasteiger partial charge < -0.3 is 0 Å². The Bertz CT molecular complexity index is 1060. The van der Waals surface area contributed by atoms with Crippen molar-refractivity contribution in [2.24, 2.45) is 5.92 Å². The van der Waals surface area contributed by atoms with Gasteiger partial charge in [0.15, 0.2) is 0 Å². The van der Waals surface area contributed by atoms with E-state index in [-0.39, 0.29) is 5.41 Å². The molecule has 0 saturated heterocycles. The fourth-order valence-electron chi connectivity index (χ4n) is 6.22. The predicted molar refractivity (Wildman–Crippen MR) is 117 cm³/mol. The second-order valence-electron chi connectivity index (χ2n) is 8.45. The molecule has 6 rings (SSSR count). The van der Waals surface area contributed by atoms with Crippen LogP contribution >= 0.6 is 0 Å². The first-order valence-corrected chi connectivity index (χ1v) is 10.5. The zero-order valence-corrected chi connectivity index (χ0v) is 16.0. The van der Waals surface area contributed by atoms with Crippen LogP contribution in [0.25, 0.3) is 11.1 Å². The fourth-order valence-corrected chi connectivity index (χ4v) is 6.22. The normalized spacial score (nSPS) is 22.9. The van der Waals surface area contributed by atoms with E-state index in [4.69, 9.17) is 0 Å². The number of allylic oxidation sites excluding steroid dienone is 4. The highest BCUT2D eigenvalue weighted by Gasteiger charge is 2.51. The summed E-state index contributed by atoms with van der Waals surface area (Å²) in [4.78, 5) is 0. The lowest BCUT2D eigenvalue weighted by molar-refractivity contribution is 0.277. The number of hydrogen-bond donors (Lipinski definition) is 0. The summed E-state index contributed by atoms with van der Waals surface area (Å²) in [6.07, 6.45) is 13.1. The zero-order chi connectivity index (χ0) is 18.6. The van der Waals surface area contributed by atoms with Crippen molar-refractivity contribution in [1.82, 2.24) is 0 Å². The van der Waals surface area contributed by atoms with Gasteiger partial charge in [-0.2, -0.15) is 0 Å². The van der Waals surface area contributed by atoms with Crippen molar-refractivity contribution in [1.29, 1.82) is 0 Å². The number of fused-ring (bicyclic) bond motifs is 4. The van der Waals surface area contributed by atoms with E-state index in [1.165, 1.54) is 41.5 Å². The van der Waals surface area contributed by atoms with Crippen LogP contribution in [-0.4, -0.2) is 0 Å². The van der Waals surface area contributed by atoms with E-state index in [0.717, 1.165) is 0 Å². The Kier molecular flexibility index (Phi) is 3.50. The molecule has 3 aliphatic rings. The molecule has 0 saturated carbocycles. The lowest BCUT2D eigenvalue weighted by atomic mass is 9.55. The van der Waals surface area contributed by atoms with Gasteiger partial charge in [-0.05, 0) is 52.6 Å². The summed E-state index contributed by atoms with van der Waals surface area (Å²) in [6, 6.07) is 27.4. The van der Waals surface area contributed by atoms with Gasteiger partial charge in [0.05, 0.1) is 0 Å². The van der Waals surface area contributed by atoms with Gasteiger partial charge in [0, 0.05) is 17.3 Å². The Labute approximate surface area is 167 Å². The van der Waals surface area contributed by atoms with Gasteiger partial charge in [0.1, 0.15) is 0 Å². The van der Waals surface area contributed by atoms with E-state index in [2.05, 4.69) is 97.1 Å². The molecule has 136 valence electrons. The van der Waals surface area contributed by atoms with Crippen LogP contribution in [0.4, 0.5) is 0 Å². The Hall–Kier alpha value is -2.86. The molecular weight excluding hydrogens is 336 g/mol. The van der Waals surface area contributed by atoms with Crippen LogP contribution in [0.1, 0.15) is 41.0 Å². The smallest absolute Gasteiger partial charge is 0.0207 e. The molecule has 0 spiro atoms. The molecule has 3 aromatic rings. The number of rotatable bonds is 2. The molecule has 0 aliphatic heterocycles. The maximum absolute atomic E-state index is 2.44. The van der Waals surface area contributed by atoms with Gasteiger partial charge >= 0.3 is 0 Å². The van der Waals surface area contributed by atoms with E-state index in [0.29, 0.717) is 11.8 Å². The summed E-state index contributed by atoms with van der Waals surface area (Å²) < 4.78 is 0. The predicted octanol–water partition coefficient (Wildman–Crippen LogP) is 6.82. The number of hydrogen-bond acceptors (Lipinski definition) is 0. The summed E-state index contributed by atoms with van der Waals surface area (Å²) >= 11 is 0. The van der Waals surface area contributed by atoms with Crippen LogP contribution in [-0.2, 0) is 11.8 Å². The Morgan fingerprint density at radius 2 is 1.29 bits per heavy atom. The van der Waals surface area contributed by atoms with Crippen LogP contribution in [0.15, 0.2) is 97.1 Å². The number of benzene rings is 3. The van der Waals surface area contributed by atoms with Gasteiger partial charge in [-0.25, -0.2) is 0 Å². The molecule has 0 heteroatoms. The SMILES string of the molecule is C1=CC(C2(C3c4ccccc4-c4ccccc43)CCCc3ccccc32)C=C1. The molecular formula is C28H24. The molecule has 0 aromatic heterocycles. The third kappa shape index (κ3) is 2.06. The molecule has 0 heterocycles. The topological polar surface area (TPSA) is 0 Å². The lowest BCUT2D eigenvalue weighted by Crippen LogP contribution is -2.42. The Morgan fingerprint density at radius 3 is 2.00 bits per heavy atom. The van der Waals surface area contributed by atoms with E-state index in [9.17, 15) is 0 Å². The highest BCUT2D eigenvalue weighted by atomic mass is 14.5. The van der Waals surface area contributed by atoms with Gasteiger partial charge in [0.25, 0.3) is 0 Å². The van der Waals surface area contributed by atoms with E-state index in [1.807, 2.05) is 0 Å². The van der Waals surface area contributed by atoms with Crippen LogP contribution < -0.4 is 0 Å². The van der Waals surface area contributed by atoms with Crippen LogP contribution in [0, 0.1) is 5.92 Å². The van der Waals surface area contributed by atoms with E-state index >= 15 is 0 Å². The molecule has 1 unspecified atom stereocenters. The van der Waals surface area contributed by atoms with Crippen LogP contribution in [0.3, 0.4) is 0 Å². The van der Waals surface area contributed by atoms with Crippen molar-refractivity contribution in [2.45, 2.75) is 30.6 Å². The van der Waals surface area contributed by atoms with Crippen molar-refractivity contribution in [3.05, 3.63) is 119 Å². The maximum Gasteiger partial charge on any atom is 0.0207 e. The molecule has 0 bridgehead atoms. The van der Waals surface area contributed by atoms with Crippen LogP contribution in [0.2, 0.25) is 0 Å². The van der Waals surface area contributed by atoms with Gasteiger partial charge in [-0.1, -0.05) is 97.1 Å². The molecule has 1 atom stereocenters. The highest BCUT2D eigenvalue weighted by molar-refractivity contribution is 5.80. The first-order chi connectivity index (χ1) is 13.9. The monoisotopic (exact) mass is 360 g/mol. The number of aryl methyl sites for hydroxylation is 1. The third-order valence-electron chi connectivity index (χ3n) is 7.25. The van der Waals surface area contributed by atoms with Crippen molar-refractivity contribution >= 4 is 0 Å². The lowest BCUT2D eigenvalue weighted by Gasteiger charge is -2.48. The minimum Gasteiger partial charge on any atom is -0.0767 e. The quantitative estimate of drug-likeness (QED) is 0.470. The van der Waals surface area contributed by atoms with Crippen molar-refractivity contribution < 1.29 is 0 Å². The van der Waals surface area contributed by atoms with E-state index in [1.54, 1.807) is 11.1 Å². The molecule has 28 heavy (non-hydrogen) atoms. The van der Waals surface area contributed by atoms with Crippen molar-refractivity contribution in [3.63, 3.8) is 0 Å². The first-order valence-electron chi connectivity index (χ1n) is 10.5. The average Bonchev–Trinajstić information content (AvgIpc) is 3.41. The third-order valence-corrected chi connectivity index (χ3v) is 7.25. The summed E-state index contributed by atoms with van der Waals surface area (Å²) in [5.74, 6) is 0.844. The standard InChI is InChI=1S/C28H24/c1-8-18-26-20(10-1)11-9-19-28(26,21-12-2-3-13-21)27-24-16-6-4-14-22(24)23-15-5-7-17-25(23)27/h1-8,10,12-18,21,27H,9,11,19H2. The fraction of sp³-hybridized carbons (Fsp3) is 0.214. The molecule has 0 N–H and O–H groups in total. The second kappa shape index (κ2) is 6.07. The summed E-state index contributed by atoms with van der Waals surface area (Å²) in [5.41, 5.74) is 9.07. The van der Waals surface area contributed by atoms with Gasteiger partial charge in [-0.3, -0.25) is 0 Å². The minimum absolute atomic E-state index is 0.0844. The molecule has 0 radical (unpaired) electrons. The molecule has 3 aromatic carbocycles. The molecule has 3 aliphatic carbocycles. The van der Waals surface area contributed by atoms with Crippen molar-refractivity contribution in [2.75, 3.05) is 0 Å². The maximum atomic E-state index is 2.44. The molecule has 0 nitrogen and oxygen atoms in total. The second-order valence-corrected chi connectivity index (χ2v) is 8.45. The average molecular weight is 361 g/mol.